The number of Topliss-reactive ketones (excluding diaryl/α,β-unsaturated/α-hetero) is 2. The fourth-order valence-corrected chi connectivity index (χ4v) is 6.56. The van der Waals surface area contributed by atoms with Gasteiger partial charge in [-0.1, -0.05) is 43.3 Å². The summed E-state index contributed by atoms with van der Waals surface area (Å²) in [6.45, 7) is 13.7. The molecule has 2 aromatic carbocycles. The van der Waals surface area contributed by atoms with Crippen LogP contribution in [0.1, 0.15) is 95.5 Å². The molecular weight excluding hydrogens is 694 g/mol. The van der Waals surface area contributed by atoms with Gasteiger partial charge in [-0.05, 0) is 103 Å². The summed E-state index contributed by atoms with van der Waals surface area (Å²) >= 11 is 0. The van der Waals surface area contributed by atoms with Crippen molar-refractivity contribution in [2.24, 2.45) is 5.92 Å². The van der Waals surface area contributed by atoms with Crippen molar-refractivity contribution in [1.82, 2.24) is 14.8 Å². The fourth-order valence-electron chi connectivity index (χ4n) is 6.56. The number of hydrogen-bond donors (Lipinski definition) is 0. The van der Waals surface area contributed by atoms with E-state index in [-0.39, 0.29) is 23.4 Å². The second-order valence-electron chi connectivity index (χ2n) is 16.1. The predicted octanol–water partition coefficient (Wildman–Crippen LogP) is 6.79. The molecule has 3 heterocycles. The first-order valence-corrected chi connectivity index (χ1v) is 18.2. The van der Waals surface area contributed by atoms with Crippen molar-refractivity contribution in [2.75, 3.05) is 19.8 Å². The molecule has 2 aliphatic rings. The molecule has 54 heavy (non-hydrogen) atoms. The van der Waals surface area contributed by atoms with Crippen LogP contribution in [0.5, 0.6) is 0 Å². The van der Waals surface area contributed by atoms with Gasteiger partial charge in [-0.3, -0.25) is 19.4 Å². The number of likely N-dealkylation sites (tertiary alicyclic amines) is 2. The zero-order valence-corrected chi connectivity index (χ0v) is 32.2. The van der Waals surface area contributed by atoms with Crippen LogP contribution in [0.2, 0.25) is 0 Å². The van der Waals surface area contributed by atoms with E-state index in [4.69, 9.17) is 18.9 Å². The Morgan fingerprint density at radius 3 is 1.94 bits per heavy atom. The Kier molecular flexibility index (Phi) is 11.8. The summed E-state index contributed by atoms with van der Waals surface area (Å²) in [5, 5.41) is 0.766. The smallest absolute Gasteiger partial charge is 0.411 e. The van der Waals surface area contributed by atoms with Crippen molar-refractivity contribution >= 4 is 46.6 Å². The summed E-state index contributed by atoms with van der Waals surface area (Å²) < 4.78 is 21.6. The maximum atomic E-state index is 13.0. The number of pyridine rings is 1. The molecule has 2 saturated heterocycles. The van der Waals surface area contributed by atoms with Crippen molar-refractivity contribution < 1.29 is 47.7 Å². The highest BCUT2D eigenvalue weighted by Gasteiger charge is 2.43. The van der Waals surface area contributed by atoms with Crippen LogP contribution in [0.3, 0.4) is 0 Å². The lowest BCUT2D eigenvalue weighted by atomic mass is 10.0. The van der Waals surface area contributed by atoms with Crippen molar-refractivity contribution in [3.8, 4) is 11.1 Å². The fraction of sp³-hybridized carbons (Fsp3) is 0.488. The SMILES string of the molecule is C[C@H]1CC(C(=O)OCC(=O)c2ccc(-c3ccc4nc(C(=O)COC(=O)[C@@H]5CC[C@H](C)N5C(=O)OC(C)(C)C)ccc4c3)cc2)N(C(=O)OC(C)(C)C)C1. The lowest BCUT2D eigenvalue weighted by molar-refractivity contribution is -0.148. The molecule has 1 unspecified atom stereocenters. The van der Waals surface area contributed by atoms with Gasteiger partial charge in [0.05, 0.1) is 5.52 Å². The third-order valence-corrected chi connectivity index (χ3v) is 9.16. The number of esters is 2. The van der Waals surface area contributed by atoms with E-state index in [1.54, 1.807) is 84.0 Å². The Hall–Kier alpha value is -5.33. The Balaban J connectivity index is 1.16. The number of carbonyl (C=O) groups is 6. The van der Waals surface area contributed by atoms with E-state index in [1.807, 2.05) is 26.0 Å². The molecule has 0 bridgehead atoms. The van der Waals surface area contributed by atoms with Crippen LogP contribution < -0.4 is 0 Å². The summed E-state index contributed by atoms with van der Waals surface area (Å²) in [4.78, 5) is 84.4. The normalized spacial score (nSPS) is 20.1. The number of fused-ring (bicyclic) bond motifs is 1. The molecule has 13 heteroatoms. The molecule has 0 N–H and O–H groups in total. The van der Waals surface area contributed by atoms with Gasteiger partial charge in [-0.25, -0.2) is 24.2 Å². The van der Waals surface area contributed by atoms with Gasteiger partial charge in [0.25, 0.3) is 0 Å². The van der Waals surface area contributed by atoms with Crippen molar-refractivity contribution in [3.63, 3.8) is 0 Å². The molecule has 0 spiro atoms. The largest absolute Gasteiger partial charge is 0.456 e. The highest BCUT2D eigenvalue weighted by atomic mass is 16.6. The first-order chi connectivity index (χ1) is 25.3. The van der Waals surface area contributed by atoms with Gasteiger partial charge in [0, 0.05) is 23.5 Å². The number of carbonyl (C=O) groups excluding carboxylic acids is 6. The van der Waals surface area contributed by atoms with Crippen molar-refractivity contribution in [2.45, 2.75) is 104 Å². The van der Waals surface area contributed by atoms with Crippen LogP contribution in [0.15, 0.2) is 54.6 Å². The van der Waals surface area contributed by atoms with E-state index >= 15 is 0 Å². The Bertz CT molecular complexity index is 1930. The number of ether oxygens (including phenoxy) is 4. The zero-order chi connectivity index (χ0) is 39.5. The van der Waals surface area contributed by atoms with E-state index in [2.05, 4.69) is 4.98 Å². The standard InChI is InChI=1S/C41H49N3O10/c1-24-19-33(43(21-24)38(49)53-40(3,4)5)37(48)51-22-34(45)27-12-10-26(11-13-27)28-14-16-30-29(20-28)15-17-31(42-30)35(46)23-52-36(47)32-18-9-25(2)44(32)39(50)54-41(6,7)8/h10-17,20,24-25,32-33H,9,18-19,21-23H2,1-8H3/t24-,25-,32-,33?/m0/s1. The molecule has 2 fully saturated rings. The molecule has 1 aromatic heterocycles. The maximum absolute atomic E-state index is 13.0. The number of aromatic nitrogens is 1. The predicted molar refractivity (Wildman–Crippen MR) is 199 cm³/mol. The van der Waals surface area contributed by atoms with E-state index in [0.717, 1.165) is 16.5 Å². The second-order valence-corrected chi connectivity index (χ2v) is 16.1. The Labute approximate surface area is 315 Å². The van der Waals surface area contributed by atoms with Gasteiger partial charge in [0.1, 0.15) is 29.0 Å². The number of rotatable bonds is 9. The molecule has 2 aliphatic heterocycles. The molecular formula is C41H49N3O10. The van der Waals surface area contributed by atoms with Crippen LogP contribution in [-0.4, -0.2) is 99.6 Å². The second kappa shape index (κ2) is 16.0. The molecule has 0 radical (unpaired) electrons. The van der Waals surface area contributed by atoms with Crippen LogP contribution in [0, 0.1) is 5.92 Å². The molecule has 0 aliphatic carbocycles. The topological polar surface area (TPSA) is 159 Å². The van der Waals surface area contributed by atoms with E-state index in [0.29, 0.717) is 36.9 Å². The summed E-state index contributed by atoms with van der Waals surface area (Å²) in [6.07, 6.45) is 0.266. The van der Waals surface area contributed by atoms with E-state index in [1.165, 1.54) is 9.80 Å². The minimum Gasteiger partial charge on any atom is -0.456 e. The number of hydrogen-bond acceptors (Lipinski definition) is 11. The van der Waals surface area contributed by atoms with Crippen molar-refractivity contribution in [3.05, 3.63) is 65.9 Å². The highest BCUT2D eigenvalue weighted by molar-refractivity contribution is 6.00. The average molecular weight is 744 g/mol. The number of benzene rings is 2. The maximum Gasteiger partial charge on any atom is 0.411 e. The van der Waals surface area contributed by atoms with E-state index < -0.39 is 66.4 Å². The molecule has 4 atom stereocenters. The summed E-state index contributed by atoms with van der Waals surface area (Å²) in [6, 6.07) is 13.9. The van der Waals surface area contributed by atoms with Gasteiger partial charge in [0.15, 0.2) is 19.0 Å². The van der Waals surface area contributed by atoms with Gasteiger partial charge in [0.2, 0.25) is 5.78 Å². The van der Waals surface area contributed by atoms with Crippen LogP contribution in [0.25, 0.3) is 22.0 Å². The number of nitrogens with zero attached hydrogens (tertiary/aromatic N) is 3. The number of amides is 2. The third-order valence-electron chi connectivity index (χ3n) is 9.16. The van der Waals surface area contributed by atoms with Crippen LogP contribution in [0.4, 0.5) is 9.59 Å². The molecule has 5 rings (SSSR count). The quantitative estimate of drug-likeness (QED) is 0.129. The first-order valence-electron chi connectivity index (χ1n) is 18.2. The summed E-state index contributed by atoms with van der Waals surface area (Å²) in [5.41, 5.74) is 1.30. The Morgan fingerprint density at radius 2 is 1.30 bits per heavy atom. The monoisotopic (exact) mass is 743 g/mol. The highest BCUT2D eigenvalue weighted by Crippen LogP contribution is 2.29. The zero-order valence-electron chi connectivity index (χ0n) is 32.2. The van der Waals surface area contributed by atoms with Crippen molar-refractivity contribution in [1.29, 1.82) is 0 Å². The Morgan fingerprint density at radius 1 is 0.704 bits per heavy atom. The third kappa shape index (κ3) is 9.80. The first kappa shape index (κ1) is 39.9. The lowest BCUT2D eigenvalue weighted by Gasteiger charge is -2.30. The molecule has 3 aromatic rings. The molecule has 13 nitrogen and oxygen atoms in total. The van der Waals surface area contributed by atoms with Gasteiger partial charge >= 0.3 is 24.1 Å². The molecule has 2 amide bonds. The van der Waals surface area contributed by atoms with Gasteiger partial charge < -0.3 is 18.9 Å². The average Bonchev–Trinajstić information content (AvgIpc) is 3.70. The van der Waals surface area contributed by atoms with Crippen LogP contribution in [-0.2, 0) is 28.5 Å². The van der Waals surface area contributed by atoms with Gasteiger partial charge in [-0.2, -0.15) is 0 Å². The lowest BCUT2D eigenvalue weighted by Crippen LogP contribution is -2.47. The summed E-state index contributed by atoms with van der Waals surface area (Å²) in [5.74, 6) is -2.08. The number of ketones is 2. The van der Waals surface area contributed by atoms with Gasteiger partial charge in [-0.15, -0.1) is 0 Å². The summed E-state index contributed by atoms with van der Waals surface area (Å²) in [7, 11) is 0. The minimum atomic E-state index is -0.834. The molecule has 288 valence electrons. The van der Waals surface area contributed by atoms with E-state index in [9.17, 15) is 28.8 Å². The molecule has 0 saturated carbocycles. The minimum absolute atomic E-state index is 0.0809. The van der Waals surface area contributed by atoms with Crippen LogP contribution >= 0.6 is 0 Å².